The number of rotatable bonds is 4. The number of benzene rings is 1. The first-order chi connectivity index (χ1) is 10.2. The fourth-order valence-electron chi connectivity index (χ4n) is 1.77. The number of carbonyl (C=O) groups is 2. The Kier molecular flexibility index (Phi) is 4.94. The third-order valence-electron chi connectivity index (χ3n) is 2.75. The van der Waals surface area contributed by atoms with Crippen LogP contribution in [0.1, 0.15) is 20.7 Å². The summed E-state index contributed by atoms with van der Waals surface area (Å²) in [6.45, 7) is 0. The van der Waals surface area contributed by atoms with Crippen LogP contribution in [0.15, 0.2) is 47.6 Å². The minimum absolute atomic E-state index is 0.269. The Labute approximate surface area is 126 Å². The van der Waals surface area contributed by atoms with Gasteiger partial charge < -0.3 is 10.1 Å². The van der Waals surface area contributed by atoms with Gasteiger partial charge in [0.15, 0.2) is 0 Å². The Balaban J connectivity index is 2.22. The van der Waals surface area contributed by atoms with Crippen molar-refractivity contribution in [1.29, 1.82) is 0 Å². The highest BCUT2D eigenvalue weighted by Crippen LogP contribution is 2.19. The van der Waals surface area contributed by atoms with Gasteiger partial charge in [-0.1, -0.05) is 6.07 Å². The standard InChI is InChI=1S/C15H14N2O3S/c1-20-15(19)10-5-3-6-11(9-10)17-13(18)12-7-4-8-16-14(12)21-2/h3-9H,1-2H3,(H,17,18). The molecule has 0 spiro atoms. The molecule has 2 aromatic rings. The summed E-state index contributed by atoms with van der Waals surface area (Å²) in [6.07, 6.45) is 3.50. The number of hydrogen-bond donors (Lipinski definition) is 1. The highest BCUT2D eigenvalue weighted by Gasteiger charge is 2.13. The maximum Gasteiger partial charge on any atom is 0.337 e. The molecule has 0 bridgehead atoms. The summed E-state index contributed by atoms with van der Waals surface area (Å²) in [5.41, 5.74) is 1.40. The number of aromatic nitrogens is 1. The summed E-state index contributed by atoms with van der Waals surface area (Å²) in [7, 11) is 1.31. The topological polar surface area (TPSA) is 68.3 Å². The zero-order valence-electron chi connectivity index (χ0n) is 11.6. The molecule has 6 heteroatoms. The molecule has 0 saturated heterocycles. The second-order valence-electron chi connectivity index (χ2n) is 4.09. The Morgan fingerprint density at radius 3 is 2.76 bits per heavy atom. The predicted octanol–water partition coefficient (Wildman–Crippen LogP) is 2.84. The summed E-state index contributed by atoms with van der Waals surface area (Å²) < 4.78 is 4.65. The van der Waals surface area contributed by atoms with E-state index in [0.717, 1.165) is 0 Å². The SMILES string of the molecule is COC(=O)c1cccc(NC(=O)c2cccnc2SC)c1. The van der Waals surface area contributed by atoms with Crippen LogP contribution in [-0.4, -0.2) is 30.2 Å². The molecule has 0 unspecified atom stereocenters. The molecule has 1 aromatic carbocycles. The Morgan fingerprint density at radius 1 is 1.24 bits per heavy atom. The van der Waals surface area contributed by atoms with Crippen molar-refractivity contribution in [2.45, 2.75) is 5.03 Å². The number of pyridine rings is 1. The molecule has 1 N–H and O–H groups in total. The molecule has 2 rings (SSSR count). The number of hydrogen-bond acceptors (Lipinski definition) is 5. The molecule has 0 aliphatic rings. The molecule has 1 heterocycles. The van der Waals surface area contributed by atoms with Gasteiger partial charge in [0.05, 0.1) is 18.2 Å². The van der Waals surface area contributed by atoms with Crippen molar-refractivity contribution in [3.05, 3.63) is 53.7 Å². The summed E-state index contributed by atoms with van der Waals surface area (Å²) in [6, 6.07) is 10.00. The van der Waals surface area contributed by atoms with Crippen LogP contribution in [0.2, 0.25) is 0 Å². The minimum atomic E-state index is -0.447. The second-order valence-corrected chi connectivity index (χ2v) is 4.88. The number of nitrogens with one attached hydrogen (secondary N) is 1. The van der Waals surface area contributed by atoms with Gasteiger partial charge >= 0.3 is 5.97 Å². The first-order valence-electron chi connectivity index (χ1n) is 6.14. The van der Waals surface area contributed by atoms with Gasteiger partial charge in [0.1, 0.15) is 5.03 Å². The number of esters is 1. The summed E-state index contributed by atoms with van der Waals surface area (Å²) in [5, 5.41) is 3.40. The van der Waals surface area contributed by atoms with Crippen molar-refractivity contribution in [2.24, 2.45) is 0 Å². The van der Waals surface area contributed by atoms with Crippen molar-refractivity contribution in [3.8, 4) is 0 Å². The number of ether oxygens (including phenoxy) is 1. The molecular weight excluding hydrogens is 288 g/mol. The molecule has 5 nitrogen and oxygen atoms in total. The molecule has 1 aromatic heterocycles. The van der Waals surface area contributed by atoms with E-state index >= 15 is 0 Å². The molecule has 0 atom stereocenters. The molecule has 0 fully saturated rings. The van der Waals surface area contributed by atoms with Crippen LogP contribution in [0, 0.1) is 0 Å². The lowest BCUT2D eigenvalue weighted by Crippen LogP contribution is -2.14. The number of nitrogens with zero attached hydrogens (tertiary/aromatic N) is 1. The maximum atomic E-state index is 12.3. The molecule has 0 aliphatic heterocycles. The Hall–Kier alpha value is -2.34. The first kappa shape index (κ1) is 15.1. The summed E-state index contributed by atoms with van der Waals surface area (Å²) >= 11 is 1.40. The normalized spacial score (nSPS) is 10.0. The fraction of sp³-hybridized carbons (Fsp3) is 0.133. The van der Waals surface area contributed by atoms with E-state index in [0.29, 0.717) is 21.8 Å². The molecule has 0 saturated carbocycles. The smallest absolute Gasteiger partial charge is 0.337 e. The van der Waals surface area contributed by atoms with Gasteiger partial charge in [0, 0.05) is 11.9 Å². The van der Waals surface area contributed by atoms with Crippen LogP contribution in [0.5, 0.6) is 0 Å². The molecule has 21 heavy (non-hydrogen) atoms. The summed E-state index contributed by atoms with van der Waals surface area (Å²) in [5.74, 6) is -0.716. The van der Waals surface area contributed by atoms with Gasteiger partial charge in [-0.25, -0.2) is 9.78 Å². The molecule has 108 valence electrons. The number of amides is 1. The van der Waals surface area contributed by atoms with E-state index in [2.05, 4.69) is 15.0 Å². The molecule has 1 amide bonds. The minimum Gasteiger partial charge on any atom is -0.465 e. The van der Waals surface area contributed by atoms with Gasteiger partial charge in [-0.2, -0.15) is 0 Å². The monoisotopic (exact) mass is 302 g/mol. The highest BCUT2D eigenvalue weighted by atomic mass is 32.2. The largest absolute Gasteiger partial charge is 0.465 e. The molecular formula is C15H14N2O3S. The van der Waals surface area contributed by atoms with Crippen LogP contribution in [0.25, 0.3) is 0 Å². The number of thioether (sulfide) groups is 1. The number of methoxy groups -OCH3 is 1. The zero-order chi connectivity index (χ0) is 15.2. The van der Waals surface area contributed by atoms with Crippen LogP contribution < -0.4 is 5.32 Å². The van der Waals surface area contributed by atoms with Crippen LogP contribution in [0.4, 0.5) is 5.69 Å². The Morgan fingerprint density at radius 2 is 2.05 bits per heavy atom. The lowest BCUT2D eigenvalue weighted by Gasteiger charge is -2.08. The lowest BCUT2D eigenvalue weighted by atomic mass is 10.2. The lowest BCUT2D eigenvalue weighted by molar-refractivity contribution is 0.0600. The van der Waals surface area contributed by atoms with Crippen LogP contribution in [0.3, 0.4) is 0 Å². The van der Waals surface area contributed by atoms with Gasteiger partial charge in [0.2, 0.25) is 0 Å². The maximum absolute atomic E-state index is 12.3. The van der Waals surface area contributed by atoms with E-state index in [-0.39, 0.29) is 5.91 Å². The number of anilines is 1. The van der Waals surface area contributed by atoms with Crippen LogP contribution >= 0.6 is 11.8 Å². The Bertz CT molecular complexity index is 673. The van der Waals surface area contributed by atoms with E-state index in [1.807, 2.05) is 6.26 Å². The average molecular weight is 302 g/mol. The van der Waals surface area contributed by atoms with Gasteiger partial charge in [0.25, 0.3) is 5.91 Å². The molecule has 0 radical (unpaired) electrons. The van der Waals surface area contributed by atoms with Crippen molar-refractivity contribution in [3.63, 3.8) is 0 Å². The van der Waals surface area contributed by atoms with E-state index < -0.39 is 5.97 Å². The molecule has 0 aliphatic carbocycles. The van der Waals surface area contributed by atoms with E-state index in [1.54, 1.807) is 42.6 Å². The summed E-state index contributed by atoms with van der Waals surface area (Å²) in [4.78, 5) is 27.9. The van der Waals surface area contributed by atoms with E-state index in [9.17, 15) is 9.59 Å². The van der Waals surface area contributed by atoms with Gasteiger partial charge in [-0.15, -0.1) is 11.8 Å². The van der Waals surface area contributed by atoms with Gasteiger partial charge in [-0.3, -0.25) is 4.79 Å². The number of carbonyl (C=O) groups excluding carboxylic acids is 2. The van der Waals surface area contributed by atoms with Crippen molar-refractivity contribution in [2.75, 3.05) is 18.7 Å². The van der Waals surface area contributed by atoms with Crippen molar-refractivity contribution in [1.82, 2.24) is 4.98 Å². The third kappa shape index (κ3) is 3.61. The fourth-order valence-corrected chi connectivity index (χ4v) is 2.31. The van der Waals surface area contributed by atoms with Crippen molar-refractivity contribution >= 4 is 29.3 Å². The predicted molar refractivity (Wildman–Crippen MR) is 81.8 cm³/mol. The van der Waals surface area contributed by atoms with E-state index in [1.165, 1.54) is 18.9 Å². The zero-order valence-corrected chi connectivity index (χ0v) is 12.4. The van der Waals surface area contributed by atoms with Crippen molar-refractivity contribution < 1.29 is 14.3 Å². The second kappa shape index (κ2) is 6.90. The van der Waals surface area contributed by atoms with E-state index in [4.69, 9.17) is 0 Å². The highest BCUT2D eigenvalue weighted by molar-refractivity contribution is 7.98. The third-order valence-corrected chi connectivity index (χ3v) is 3.46. The quantitative estimate of drug-likeness (QED) is 0.695. The van der Waals surface area contributed by atoms with Gasteiger partial charge in [-0.05, 0) is 36.6 Å². The first-order valence-corrected chi connectivity index (χ1v) is 7.37. The average Bonchev–Trinajstić information content (AvgIpc) is 2.54. The van der Waals surface area contributed by atoms with Crippen LogP contribution in [-0.2, 0) is 4.74 Å².